The quantitative estimate of drug-likeness (QED) is 0.452. The molecule has 1 radical (unpaired) electrons. The van der Waals surface area contributed by atoms with E-state index >= 15 is 0 Å². The van der Waals surface area contributed by atoms with Crippen LogP contribution in [0.1, 0.15) is 1.43 Å². The van der Waals surface area contributed by atoms with E-state index in [1.165, 1.54) is 0 Å². The van der Waals surface area contributed by atoms with E-state index in [-0.39, 0.29) is 88.9 Å². The molecular formula is H3CsO4SV. The number of hydrogen-bond acceptors (Lipinski definition) is 2. The summed E-state index contributed by atoms with van der Waals surface area (Å²) in [5, 5.41) is 0. The maximum absolute atomic E-state index is 8.74. The standard InChI is InChI=1S/Cs.H2O4S.V.H/c;1-5(2,3)4;;/h;(H2,1,2,3,4);;/q+1;;;-1. The molecule has 2 N–H and O–H groups in total. The summed E-state index contributed by atoms with van der Waals surface area (Å²) in [5.74, 6) is 0. The van der Waals surface area contributed by atoms with Crippen molar-refractivity contribution in [1.29, 1.82) is 0 Å². The van der Waals surface area contributed by atoms with Crippen molar-refractivity contribution in [3.63, 3.8) is 0 Å². The van der Waals surface area contributed by atoms with Crippen molar-refractivity contribution in [2.45, 2.75) is 0 Å². The fourth-order valence-corrected chi connectivity index (χ4v) is 0. The van der Waals surface area contributed by atoms with E-state index < -0.39 is 10.4 Å². The zero-order valence-corrected chi connectivity index (χ0v) is 12.1. The minimum Gasteiger partial charge on any atom is -1.00 e. The molecule has 0 aliphatic rings. The molecule has 7 heavy (non-hydrogen) atoms. The first-order valence-electron chi connectivity index (χ1n) is 0.698. The molecule has 0 heterocycles. The molecule has 0 aromatic heterocycles. The van der Waals surface area contributed by atoms with E-state index in [1.807, 2.05) is 0 Å². The Kier molecular flexibility index (Phi) is 15.4. The van der Waals surface area contributed by atoms with Crippen molar-refractivity contribution < 1.29 is 106 Å². The first-order chi connectivity index (χ1) is 2.00. The van der Waals surface area contributed by atoms with Gasteiger partial charge in [0.15, 0.2) is 0 Å². The van der Waals surface area contributed by atoms with Crippen molar-refractivity contribution in [3.8, 4) is 0 Å². The Labute approximate surface area is 114 Å². The summed E-state index contributed by atoms with van der Waals surface area (Å²) in [6, 6.07) is 0. The summed E-state index contributed by atoms with van der Waals surface area (Å²) in [6.07, 6.45) is 0. The average molecular weight is 283 g/mol. The molecule has 0 saturated carbocycles. The first-order valence-corrected chi connectivity index (χ1v) is 2.10. The summed E-state index contributed by atoms with van der Waals surface area (Å²) in [4.78, 5) is 0. The SMILES string of the molecule is O=S(=O)(O)O.[Cs+].[H-].[V]. The minimum absolute atomic E-state index is 0. The van der Waals surface area contributed by atoms with Gasteiger partial charge in [-0.1, -0.05) is 0 Å². The zero-order valence-electron chi connectivity index (χ0n) is 4.57. The van der Waals surface area contributed by atoms with Gasteiger partial charge in [-0.05, 0) is 0 Å². The van der Waals surface area contributed by atoms with Gasteiger partial charge in [0.05, 0.1) is 0 Å². The summed E-state index contributed by atoms with van der Waals surface area (Å²) in [6.45, 7) is 0. The number of rotatable bonds is 0. The van der Waals surface area contributed by atoms with Crippen LogP contribution in [0.3, 0.4) is 0 Å². The monoisotopic (exact) mass is 283 g/mol. The third-order valence-electron chi connectivity index (χ3n) is 0. The summed E-state index contributed by atoms with van der Waals surface area (Å²) in [7, 11) is -4.67. The molecule has 4 nitrogen and oxygen atoms in total. The van der Waals surface area contributed by atoms with E-state index in [1.54, 1.807) is 0 Å². The Balaban J connectivity index is -0.0000000267. The molecule has 0 fully saturated rings. The van der Waals surface area contributed by atoms with Crippen molar-refractivity contribution in [3.05, 3.63) is 0 Å². The smallest absolute Gasteiger partial charge is 1.00 e. The second-order valence-corrected chi connectivity index (χ2v) is 1.34. The molecule has 0 spiro atoms. The summed E-state index contributed by atoms with van der Waals surface area (Å²) in [5.41, 5.74) is 0. The molecule has 0 amide bonds. The molecule has 7 heteroatoms. The molecule has 39 valence electrons. The van der Waals surface area contributed by atoms with E-state index in [4.69, 9.17) is 17.5 Å². The van der Waals surface area contributed by atoms with E-state index in [9.17, 15) is 0 Å². The van der Waals surface area contributed by atoms with E-state index in [0.717, 1.165) is 0 Å². The molecule has 0 aliphatic carbocycles. The van der Waals surface area contributed by atoms with Crippen LogP contribution in [0, 0.1) is 0 Å². The predicted molar refractivity (Wildman–Crippen MR) is 15.3 cm³/mol. The Morgan fingerprint density at radius 3 is 1.29 bits per heavy atom. The molecule has 0 unspecified atom stereocenters. The van der Waals surface area contributed by atoms with Gasteiger partial charge in [0, 0.05) is 18.6 Å². The second-order valence-electron chi connectivity index (χ2n) is 0.448. The van der Waals surface area contributed by atoms with Crippen LogP contribution < -0.4 is 68.9 Å². The molecule has 0 rings (SSSR count). The van der Waals surface area contributed by atoms with Gasteiger partial charge in [0.1, 0.15) is 0 Å². The van der Waals surface area contributed by atoms with Crippen LogP contribution in [0.15, 0.2) is 0 Å². The molecular weight excluding hydrogens is 280 g/mol. The molecule has 0 saturated heterocycles. The number of hydrogen-bond donors (Lipinski definition) is 2. The Bertz CT molecular complexity index is 99.2. The Morgan fingerprint density at radius 1 is 1.29 bits per heavy atom. The van der Waals surface area contributed by atoms with Gasteiger partial charge in [-0.2, -0.15) is 8.42 Å². The van der Waals surface area contributed by atoms with Gasteiger partial charge < -0.3 is 1.43 Å². The van der Waals surface area contributed by atoms with Crippen LogP contribution in [0.4, 0.5) is 0 Å². The molecule has 0 aliphatic heterocycles. The van der Waals surface area contributed by atoms with E-state index in [2.05, 4.69) is 0 Å². The van der Waals surface area contributed by atoms with Gasteiger partial charge in [-0.15, -0.1) is 0 Å². The van der Waals surface area contributed by atoms with Crippen LogP contribution >= 0.6 is 0 Å². The van der Waals surface area contributed by atoms with E-state index in [0.29, 0.717) is 0 Å². The summed E-state index contributed by atoms with van der Waals surface area (Å²) >= 11 is 0. The molecule has 0 atom stereocenters. The van der Waals surface area contributed by atoms with Crippen LogP contribution in [0.5, 0.6) is 0 Å². The summed E-state index contributed by atoms with van der Waals surface area (Å²) < 4.78 is 31.6. The Hall–Kier alpha value is 2.51. The van der Waals surface area contributed by atoms with Crippen LogP contribution in [-0.2, 0) is 29.0 Å². The third-order valence-corrected chi connectivity index (χ3v) is 0. The molecule has 0 aromatic carbocycles. The van der Waals surface area contributed by atoms with Crippen molar-refractivity contribution in [2.24, 2.45) is 0 Å². The average Bonchev–Trinajstić information content (AvgIpc) is 0.722. The van der Waals surface area contributed by atoms with Crippen molar-refractivity contribution >= 4 is 10.4 Å². The van der Waals surface area contributed by atoms with Crippen LogP contribution in [0.2, 0.25) is 0 Å². The van der Waals surface area contributed by atoms with Crippen molar-refractivity contribution in [1.82, 2.24) is 0 Å². The Morgan fingerprint density at radius 2 is 1.29 bits per heavy atom. The van der Waals surface area contributed by atoms with Crippen molar-refractivity contribution in [2.75, 3.05) is 0 Å². The van der Waals surface area contributed by atoms with Gasteiger partial charge in [-0.3, -0.25) is 9.11 Å². The fourth-order valence-electron chi connectivity index (χ4n) is 0. The van der Waals surface area contributed by atoms with Gasteiger partial charge in [-0.25, -0.2) is 0 Å². The van der Waals surface area contributed by atoms with Gasteiger partial charge in [0.25, 0.3) is 0 Å². The normalized spacial score (nSPS) is 8.29. The zero-order chi connectivity index (χ0) is 4.50. The van der Waals surface area contributed by atoms with Gasteiger partial charge >= 0.3 is 79.3 Å². The molecule has 0 aromatic rings. The minimum atomic E-state index is -4.67. The molecule has 0 bridgehead atoms. The predicted octanol–water partition coefficient (Wildman–Crippen LogP) is -3.54. The third kappa shape index (κ3) is 57.3. The van der Waals surface area contributed by atoms with Crippen LogP contribution in [-0.4, -0.2) is 17.5 Å². The fraction of sp³-hybridized carbons (Fsp3) is 0. The maximum Gasteiger partial charge on any atom is 1.00 e. The maximum atomic E-state index is 8.74. The second kappa shape index (κ2) is 6.62. The first kappa shape index (κ1) is 16.2. The largest absolute Gasteiger partial charge is 1.00 e. The van der Waals surface area contributed by atoms with Crippen LogP contribution in [0.25, 0.3) is 0 Å². The van der Waals surface area contributed by atoms with Gasteiger partial charge in [0.2, 0.25) is 0 Å². The topological polar surface area (TPSA) is 74.6 Å².